The van der Waals surface area contributed by atoms with E-state index in [4.69, 9.17) is 0 Å². The summed E-state index contributed by atoms with van der Waals surface area (Å²) in [7, 11) is 0. The summed E-state index contributed by atoms with van der Waals surface area (Å²) in [6.07, 6.45) is 16.4. The summed E-state index contributed by atoms with van der Waals surface area (Å²) in [4.78, 5) is 2.76. The second kappa shape index (κ2) is 9.84. The van der Waals surface area contributed by atoms with Crippen molar-refractivity contribution >= 4 is 0 Å². The maximum atomic E-state index is 3.79. The van der Waals surface area contributed by atoms with Crippen molar-refractivity contribution in [2.75, 3.05) is 19.6 Å². The molecule has 2 aliphatic rings. The highest BCUT2D eigenvalue weighted by atomic mass is 15.3. The zero-order chi connectivity index (χ0) is 14.9. The third-order valence-electron chi connectivity index (χ3n) is 5.76. The molecule has 0 aliphatic carbocycles. The lowest BCUT2D eigenvalue weighted by Crippen LogP contribution is -2.52. The van der Waals surface area contributed by atoms with Crippen LogP contribution in [0.15, 0.2) is 0 Å². The molecule has 2 heterocycles. The van der Waals surface area contributed by atoms with E-state index in [-0.39, 0.29) is 0 Å². The van der Waals surface area contributed by atoms with E-state index in [1.807, 2.05) is 0 Å². The van der Waals surface area contributed by atoms with Gasteiger partial charge in [0.2, 0.25) is 0 Å². The van der Waals surface area contributed by atoms with Crippen LogP contribution in [0.2, 0.25) is 0 Å². The monoisotopic (exact) mass is 294 g/mol. The third kappa shape index (κ3) is 5.90. The first-order valence-electron chi connectivity index (χ1n) is 9.80. The van der Waals surface area contributed by atoms with Crippen molar-refractivity contribution in [3.8, 4) is 0 Å². The smallest absolute Gasteiger partial charge is 0.0599 e. The van der Waals surface area contributed by atoms with E-state index in [0.717, 1.165) is 11.8 Å². The molecule has 2 aliphatic heterocycles. The fraction of sp³-hybridized carbons (Fsp3) is 1.00. The van der Waals surface area contributed by atoms with Crippen LogP contribution in [0.5, 0.6) is 0 Å². The predicted octanol–water partition coefficient (Wildman–Crippen LogP) is 4.79. The number of likely N-dealkylation sites (tertiary alicyclic amines) is 1. The number of unbranched alkanes of at least 4 members (excludes halogenated alkanes) is 3. The largest absolute Gasteiger partial charge is 0.302 e. The molecule has 0 aromatic heterocycles. The summed E-state index contributed by atoms with van der Waals surface area (Å²) in [6.45, 7) is 8.56. The van der Waals surface area contributed by atoms with Crippen LogP contribution < -0.4 is 5.32 Å². The lowest BCUT2D eigenvalue weighted by Gasteiger charge is -2.42. The Morgan fingerprint density at radius 2 is 1.57 bits per heavy atom. The molecule has 0 aromatic rings. The van der Waals surface area contributed by atoms with Gasteiger partial charge in [0.25, 0.3) is 0 Å². The number of rotatable bonds is 8. The molecule has 2 atom stereocenters. The molecule has 1 N–H and O–H groups in total. The summed E-state index contributed by atoms with van der Waals surface area (Å²) in [5.74, 6) is 2.01. The Labute approximate surface area is 133 Å². The fourth-order valence-corrected chi connectivity index (χ4v) is 4.24. The molecule has 0 bridgehead atoms. The van der Waals surface area contributed by atoms with Crippen molar-refractivity contribution in [2.24, 2.45) is 11.8 Å². The van der Waals surface area contributed by atoms with Crippen molar-refractivity contribution in [1.82, 2.24) is 10.2 Å². The van der Waals surface area contributed by atoms with Crippen LogP contribution in [0, 0.1) is 11.8 Å². The SMILES string of the molecule is CCCCCC1CCN(C2CC(CCCC)CCN2)CC1. The Hall–Kier alpha value is -0.0800. The molecule has 124 valence electrons. The van der Waals surface area contributed by atoms with Crippen LogP contribution in [0.4, 0.5) is 0 Å². The van der Waals surface area contributed by atoms with E-state index >= 15 is 0 Å². The number of nitrogens with zero attached hydrogens (tertiary/aromatic N) is 1. The van der Waals surface area contributed by atoms with Crippen molar-refractivity contribution in [3.63, 3.8) is 0 Å². The zero-order valence-corrected chi connectivity index (χ0v) is 14.6. The summed E-state index contributed by atoms with van der Waals surface area (Å²) in [5, 5.41) is 3.79. The highest BCUT2D eigenvalue weighted by molar-refractivity contribution is 4.82. The lowest BCUT2D eigenvalue weighted by atomic mass is 9.88. The highest BCUT2D eigenvalue weighted by Gasteiger charge is 2.28. The fourth-order valence-electron chi connectivity index (χ4n) is 4.24. The van der Waals surface area contributed by atoms with Gasteiger partial charge in [-0.05, 0) is 57.2 Å². The minimum Gasteiger partial charge on any atom is -0.302 e. The molecule has 2 unspecified atom stereocenters. The summed E-state index contributed by atoms with van der Waals surface area (Å²) >= 11 is 0. The Bertz CT molecular complexity index is 258. The third-order valence-corrected chi connectivity index (χ3v) is 5.76. The van der Waals surface area contributed by atoms with Gasteiger partial charge >= 0.3 is 0 Å². The lowest BCUT2D eigenvalue weighted by molar-refractivity contribution is 0.0716. The molecule has 0 saturated carbocycles. The number of nitrogens with one attached hydrogen (secondary N) is 1. The molecular formula is C19H38N2. The van der Waals surface area contributed by atoms with Gasteiger partial charge in [-0.15, -0.1) is 0 Å². The van der Waals surface area contributed by atoms with Gasteiger partial charge in [0.1, 0.15) is 0 Å². The van der Waals surface area contributed by atoms with Gasteiger partial charge in [-0.1, -0.05) is 58.8 Å². The topological polar surface area (TPSA) is 15.3 Å². The number of hydrogen-bond donors (Lipinski definition) is 1. The van der Waals surface area contributed by atoms with Crippen LogP contribution in [0.1, 0.15) is 84.5 Å². The normalized spacial score (nSPS) is 28.9. The van der Waals surface area contributed by atoms with E-state index in [1.54, 1.807) is 0 Å². The molecule has 0 spiro atoms. The number of piperidine rings is 2. The van der Waals surface area contributed by atoms with E-state index in [1.165, 1.54) is 90.3 Å². The van der Waals surface area contributed by atoms with Gasteiger partial charge in [0.05, 0.1) is 6.17 Å². The molecule has 0 amide bonds. The van der Waals surface area contributed by atoms with Crippen LogP contribution in [-0.4, -0.2) is 30.7 Å². The van der Waals surface area contributed by atoms with Crippen molar-refractivity contribution in [3.05, 3.63) is 0 Å². The second-order valence-electron chi connectivity index (χ2n) is 7.48. The Balaban J connectivity index is 1.66. The van der Waals surface area contributed by atoms with Gasteiger partial charge in [0, 0.05) is 0 Å². The highest BCUT2D eigenvalue weighted by Crippen LogP contribution is 2.28. The minimum atomic E-state index is 0.692. The first-order valence-corrected chi connectivity index (χ1v) is 9.80. The molecule has 2 heteroatoms. The zero-order valence-electron chi connectivity index (χ0n) is 14.6. The molecular weight excluding hydrogens is 256 g/mol. The molecule has 21 heavy (non-hydrogen) atoms. The van der Waals surface area contributed by atoms with Gasteiger partial charge in [-0.2, -0.15) is 0 Å². The van der Waals surface area contributed by atoms with Crippen molar-refractivity contribution in [2.45, 2.75) is 90.6 Å². The summed E-state index contributed by atoms with van der Waals surface area (Å²) < 4.78 is 0. The minimum absolute atomic E-state index is 0.692. The predicted molar refractivity (Wildman–Crippen MR) is 92.5 cm³/mol. The van der Waals surface area contributed by atoms with Crippen LogP contribution in [0.3, 0.4) is 0 Å². The quantitative estimate of drug-likeness (QED) is 0.647. The van der Waals surface area contributed by atoms with E-state index < -0.39 is 0 Å². The Morgan fingerprint density at radius 1 is 0.857 bits per heavy atom. The molecule has 2 fully saturated rings. The standard InChI is InChI=1S/C19H38N2/c1-3-5-7-9-17-11-14-21(15-12-17)19-16-18(8-6-4-2)10-13-20-19/h17-20H,3-16H2,1-2H3. The number of hydrogen-bond acceptors (Lipinski definition) is 2. The van der Waals surface area contributed by atoms with Gasteiger partial charge < -0.3 is 5.32 Å². The first kappa shape index (κ1) is 17.3. The van der Waals surface area contributed by atoms with E-state index in [9.17, 15) is 0 Å². The molecule has 2 saturated heterocycles. The Morgan fingerprint density at radius 3 is 2.29 bits per heavy atom. The van der Waals surface area contributed by atoms with Crippen LogP contribution in [-0.2, 0) is 0 Å². The van der Waals surface area contributed by atoms with Crippen LogP contribution >= 0.6 is 0 Å². The van der Waals surface area contributed by atoms with Crippen LogP contribution in [0.25, 0.3) is 0 Å². The molecule has 2 nitrogen and oxygen atoms in total. The summed E-state index contributed by atoms with van der Waals surface area (Å²) in [6, 6.07) is 0. The van der Waals surface area contributed by atoms with E-state index in [0.29, 0.717) is 6.17 Å². The Kier molecular flexibility index (Phi) is 8.10. The van der Waals surface area contributed by atoms with Gasteiger partial charge in [-0.3, -0.25) is 4.90 Å². The molecule has 0 radical (unpaired) electrons. The summed E-state index contributed by atoms with van der Waals surface area (Å²) in [5.41, 5.74) is 0. The molecule has 2 rings (SSSR count). The van der Waals surface area contributed by atoms with Gasteiger partial charge in [-0.25, -0.2) is 0 Å². The average Bonchev–Trinajstić information content (AvgIpc) is 2.54. The van der Waals surface area contributed by atoms with E-state index in [2.05, 4.69) is 24.1 Å². The maximum absolute atomic E-state index is 3.79. The van der Waals surface area contributed by atoms with Crippen molar-refractivity contribution < 1.29 is 0 Å². The maximum Gasteiger partial charge on any atom is 0.0599 e. The second-order valence-corrected chi connectivity index (χ2v) is 7.48. The molecule has 0 aromatic carbocycles. The average molecular weight is 295 g/mol. The van der Waals surface area contributed by atoms with Gasteiger partial charge in [0.15, 0.2) is 0 Å². The first-order chi connectivity index (χ1) is 10.3. The van der Waals surface area contributed by atoms with Crippen molar-refractivity contribution in [1.29, 1.82) is 0 Å².